The lowest BCUT2D eigenvalue weighted by molar-refractivity contribution is 0.835. The van der Waals surface area contributed by atoms with Crippen molar-refractivity contribution < 1.29 is 0 Å². The van der Waals surface area contributed by atoms with Crippen molar-refractivity contribution in [3.63, 3.8) is 0 Å². The van der Waals surface area contributed by atoms with Crippen LogP contribution in [0, 0.1) is 13.8 Å². The van der Waals surface area contributed by atoms with Crippen LogP contribution in [-0.2, 0) is 0 Å². The fourth-order valence-corrected chi connectivity index (χ4v) is 3.42. The largest absolute Gasteiger partial charge is 0.295 e. The highest BCUT2D eigenvalue weighted by Gasteiger charge is 2.19. The molecule has 1 aromatic heterocycles. The van der Waals surface area contributed by atoms with Crippen molar-refractivity contribution in [3.05, 3.63) is 117 Å². The molecule has 4 nitrogen and oxygen atoms in total. The van der Waals surface area contributed by atoms with Crippen LogP contribution in [0.1, 0.15) is 22.4 Å². The average molecular weight is 402 g/mol. The summed E-state index contributed by atoms with van der Waals surface area (Å²) in [6, 6.07) is 24.8. The molecule has 0 saturated heterocycles. The second kappa shape index (κ2) is 7.94. The van der Waals surface area contributed by atoms with Crippen LogP contribution in [0.5, 0.6) is 0 Å². The van der Waals surface area contributed by atoms with Gasteiger partial charge in [-0.05, 0) is 44.2 Å². The molecule has 5 heteroatoms. The molecule has 0 radical (unpaired) electrons. The summed E-state index contributed by atoms with van der Waals surface area (Å²) in [7, 11) is 0. The fraction of sp³-hybridized carbons (Fsp3) is 0.0833. The molecule has 0 fully saturated rings. The zero-order valence-electron chi connectivity index (χ0n) is 16.2. The molecular formula is C24H20ClN3O. The number of nitrogens with zero attached hydrogens (tertiary/aromatic N) is 2. The standard InChI is InChI=1S/C24H20ClN3O/c1-16-11-13-21(14-12-16)28-24(29)22(17(2)27-28)23(18-7-4-3-5-8-18)26-20-10-6-9-19(25)15-20/h3-15,27H,1-2H3. The molecule has 0 bridgehead atoms. The van der Waals surface area contributed by atoms with Gasteiger partial charge in [0.2, 0.25) is 0 Å². The maximum Gasteiger partial charge on any atom is 0.280 e. The zero-order chi connectivity index (χ0) is 20.4. The molecule has 1 N–H and O–H groups in total. The number of hydrogen-bond donors (Lipinski definition) is 1. The van der Waals surface area contributed by atoms with E-state index in [0.717, 1.165) is 22.5 Å². The molecule has 0 aliphatic carbocycles. The summed E-state index contributed by atoms with van der Waals surface area (Å²) < 4.78 is 1.56. The number of aromatic nitrogens is 2. The molecule has 144 valence electrons. The maximum absolute atomic E-state index is 13.4. The van der Waals surface area contributed by atoms with Crippen molar-refractivity contribution >= 4 is 23.0 Å². The highest BCUT2D eigenvalue weighted by Crippen LogP contribution is 2.22. The highest BCUT2D eigenvalue weighted by molar-refractivity contribution is 6.30. The molecule has 0 unspecified atom stereocenters. The van der Waals surface area contributed by atoms with Crippen LogP contribution >= 0.6 is 11.6 Å². The van der Waals surface area contributed by atoms with E-state index in [2.05, 4.69) is 5.10 Å². The van der Waals surface area contributed by atoms with E-state index < -0.39 is 0 Å². The minimum Gasteiger partial charge on any atom is -0.295 e. The number of nitrogens with one attached hydrogen (secondary N) is 1. The zero-order valence-corrected chi connectivity index (χ0v) is 16.9. The SMILES string of the molecule is Cc1ccc(-n2[nH]c(C)c(C(=Nc3cccc(Cl)c3)c3ccccc3)c2=O)cc1. The minimum absolute atomic E-state index is 0.143. The number of aliphatic imine (C=N–C) groups is 1. The van der Waals surface area contributed by atoms with Gasteiger partial charge in [-0.3, -0.25) is 9.89 Å². The molecule has 0 atom stereocenters. The molecule has 3 aromatic carbocycles. The van der Waals surface area contributed by atoms with Crippen molar-refractivity contribution in [2.75, 3.05) is 0 Å². The van der Waals surface area contributed by atoms with E-state index >= 15 is 0 Å². The third-order valence-corrected chi connectivity index (χ3v) is 4.93. The van der Waals surface area contributed by atoms with E-state index in [9.17, 15) is 4.79 Å². The summed E-state index contributed by atoms with van der Waals surface area (Å²) in [4.78, 5) is 18.2. The topological polar surface area (TPSA) is 50.1 Å². The predicted molar refractivity (Wildman–Crippen MR) is 119 cm³/mol. The van der Waals surface area contributed by atoms with Crippen LogP contribution in [0.15, 0.2) is 88.6 Å². The quantitative estimate of drug-likeness (QED) is 0.444. The van der Waals surface area contributed by atoms with Gasteiger partial charge >= 0.3 is 0 Å². The van der Waals surface area contributed by atoms with Gasteiger partial charge in [-0.2, -0.15) is 0 Å². The van der Waals surface area contributed by atoms with Crippen LogP contribution in [0.3, 0.4) is 0 Å². The highest BCUT2D eigenvalue weighted by atomic mass is 35.5. The lowest BCUT2D eigenvalue weighted by atomic mass is 10.0. The van der Waals surface area contributed by atoms with E-state index in [1.807, 2.05) is 80.6 Å². The normalized spacial score (nSPS) is 11.6. The lowest BCUT2D eigenvalue weighted by Crippen LogP contribution is -2.21. The molecule has 0 aliphatic rings. The van der Waals surface area contributed by atoms with Crippen molar-refractivity contribution in [1.29, 1.82) is 0 Å². The maximum atomic E-state index is 13.4. The van der Waals surface area contributed by atoms with Crippen LogP contribution in [0.2, 0.25) is 5.02 Å². The van der Waals surface area contributed by atoms with Gasteiger partial charge in [0.1, 0.15) is 0 Å². The van der Waals surface area contributed by atoms with Crippen molar-refractivity contribution in [3.8, 4) is 5.69 Å². The van der Waals surface area contributed by atoms with Gasteiger partial charge in [-0.15, -0.1) is 0 Å². The molecular weight excluding hydrogens is 382 g/mol. The average Bonchev–Trinajstić information content (AvgIpc) is 3.01. The Hall–Kier alpha value is -3.37. The number of aromatic amines is 1. The van der Waals surface area contributed by atoms with Gasteiger partial charge < -0.3 is 0 Å². The smallest absolute Gasteiger partial charge is 0.280 e. The first kappa shape index (κ1) is 19.0. The molecule has 4 aromatic rings. The van der Waals surface area contributed by atoms with E-state index in [1.165, 1.54) is 0 Å². The summed E-state index contributed by atoms with van der Waals surface area (Å²) in [6.07, 6.45) is 0. The second-order valence-electron chi connectivity index (χ2n) is 6.89. The summed E-state index contributed by atoms with van der Waals surface area (Å²) in [5.74, 6) is 0. The van der Waals surface area contributed by atoms with Crippen LogP contribution in [0.4, 0.5) is 5.69 Å². The Morgan fingerprint density at radius 1 is 0.931 bits per heavy atom. The minimum atomic E-state index is -0.143. The lowest BCUT2D eigenvalue weighted by Gasteiger charge is -2.06. The monoisotopic (exact) mass is 401 g/mol. The van der Waals surface area contributed by atoms with Crippen molar-refractivity contribution in [2.45, 2.75) is 13.8 Å². The third-order valence-electron chi connectivity index (χ3n) is 4.70. The second-order valence-corrected chi connectivity index (χ2v) is 7.33. The first-order chi connectivity index (χ1) is 14.0. The summed E-state index contributed by atoms with van der Waals surface area (Å²) in [6.45, 7) is 3.90. The predicted octanol–water partition coefficient (Wildman–Crippen LogP) is 5.60. The first-order valence-electron chi connectivity index (χ1n) is 9.31. The van der Waals surface area contributed by atoms with E-state index in [4.69, 9.17) is 16.6 Å². The Bertz CT molecular complexity index is 1240. The molecule has 0 amide bonds. The molecule has 0 saturated carbocycles. The van der Waals surface area contributed by atoms with E-state index in [0.29, 0.717) is 22.0 Å². The Labute approximate surface area is 174 Å². The summed E-state index contributed by atoms with van der Waals surface area (Å²) in [5, 5.41) is 3.79. The molecule has 29 heavy (non-hydrogen) atoms. The van der Waals surface area contributed by atoms with Gasteiger partial charge in [0, 0.05) is 16.3 Å². The number of H-pyrrole nitrogens is 1. The number of rotatable bonds is 4. The Morgan fingerprint density at radius 3 is 2.34 bits per heavy atom. The van der Waals surface area contributed by atoms with E-state index in [1.54, 1.807) is 16.8 Å². The molecule has 4 rings (SSSR count). The fourth-order valence-electron chi connectivity index (χ4n) is 3.24. The van der Waals surface area contributed by atoms with Gasteiger partial charge in [0.15, 0.2) is 0 Å². The number of hydrogen-bond acceptors (Lipinski definition) is 2. The summed E-state index contributed by atoms with van der Waals surface area (Å²) >= 11 is 6.14. The molecule has 0 aliphatic heterocycles. The van der Waals surface area contributed by atoms with Gasteiger partial charge in [0.05, 0.1) is 22.6 Å². The number of benzene rings is 3. The van der Waals surface area contributed by atoms with Crippen molar-refractivity contribution in [2.24, 2.45) is 4.99 Å². The van der Waals surface area contributed by atoms with Gasteiger partial charge in [-0.25, -0.2) is 9.67 Å². The molecule has 1 heterocycles. The first-order valence-corrected chi connectivity index (χ1v) is 9.69. The Balaban J connectivity index is 1.92. The van der Waals surface area contributed by atoms with Crippen LogP contribution < -0.4 is 5.56 Å². The van der Waals surface area contributed by atoms with E-state index in [-0.39, 0.29) is 5.56 Å². The Kier molecular flexibility index (Phi) is 5.19. The number of aryl methyl sites for hydroxylation is 2. The number of halogens is 1. The summed E-state index contributed by atoms with van der Waals surface area (Å²) in [5.41, 5.74) is 5.23. The Morgan fingerprint density at radius 2 is 1.66 bits per heavy atom. The van der Waals surface area contributed by atoms with Gasteiger partial charge in [0.25, 0.3) is 5.56 Å². The van der Waals surface area contributed by atoms with Gasteiger partial charge in [-0.1, -0.05) is 65.7 Å². The van der Waals surface area contributed by atoms with Crippen LogP contribution in [-0.4, -0.2) is 15.5 Å². The van der Waals surface area contributed by atoms with Crippen molar-refractivity contribution in [1.82, 2.24) is 9.78 Å². The van der Waals surface area contributed by atoms with Crippen LogP contribution in [0.25, 0.3) is 5.69 Å². The molecule has 0 spiro atoms. The third kappa shape index (κ3) is 3.93.